The Morgan fingerprint density at radius 2 is 2.35 bits per heavy atom. The van der Waals surface area contributed by atoms with Gasteiger partial charge in [-0.15, -0.1) is 0 Å². The van der Waals surface area contributed by atoms with E-state index < -0.39 is 0 Å². The Kier molecular flexibility index (Phi) is 4.63. The minimum absolute atomic E-state index is 0.573. The van der Waals surface area contributed by atoms with Crippen molar-refractivity contribution in [2.75, 3.05) is 20.3 Å². The van der Waals surface area contributed by atoms with Crippen LogP contribution in [0.4, 0.5) is 0 Å². The van der Waals surface area contributed by atoms with Crippen LogP contribution in [0.5, 0.6) is 0 Å². The van der Waals surface area contributed by atoms with Crippen molar-refractivity contribution in [1.29, 1.82) is 0 Å². The molecule has 1 aromatic heterocycles. The molecule has 1 aromatic rings. The lowest BCUT2D eigenvalue weighted by molar-refractivity contribution is 0.190. The average Bonchev–Trinajstić information content (AvgIpc) is 3.06. The Bertz CT molecular complexity index is 331. The van der Waals surface area contributed by atoms with Crippen LogP contribution in [0.1, 0.15) is 37.8 Å². The van der Waals surface area contributed by atoms with Crippen LogP contribution in [-0.4, -0.2) is 24.8 Å². The van der Waals surface area contributed by atoms with Crippen LogP contribution < -0.4 is 5.32 Å². The minimum Gasteiger partial charge on any atom is -0.385 e. The van der Waals surface area contributed by atoms with E-state index in [9.17, 15) is 0 Å². The van der Waals surface area contributed by atoms with Crippen molar-refractivity contribution in [1.82, 2.24) is 9.88 Å². The molecule has 0 amide bonds. The minimum atomic E-state index is 0.573. The van der Waals surface area contributed by atoms with Crippen molar-refractivity contribution in [2.45, 2.75) is 38.8 Å². The van der Waals surface area contributed by atoms with E-state index in [4.69, 9.17) is 4.74 Å². The highest BCUT2D eigenvalue weighted by molar-refractivity contribution is 5.18. The molecule has 0 bridgehead atoms. The van der Waals surface area contributed by atoms with Crippen molar-refractivity contribution in [3.63, 3.8) is 0 Å². The van der Waals surface area contributed by atoms with Crippen molar-refractivity contribution in [3.8, 4) is 0 Å². The fraction of sp³-hybridized carbons (Fsp3) is 0.714. The first-order valence-corrected chi connectivity index (χ1v) is 6.73. The molecule has 1 aliphatic rings. The number of hydrogen-bond donors (Lipinski definition) is 1. The first-order chi connectivity index (χ1) is 8.35. The Morgan fingerprint density at radius 1 is 1.53 bits per heavy atom. The first kappa shape index (κ1) is 12.7. The molecule has 0 saturated heterocycles. The second-order valence-corrected chi connectivity index (χ2v) is 4.90. The van der Waals surface area contributed by atoms with Crippen LogP contribution in [0.25, 0.3) is 0 Å². The molecule has 96 valence electrons. The average molecular weight is 236 g/mol. The monoisotopic (exact) mass is 236 g/mol. The summed E-state index contributed by atoms with van der Waals surface area (Å²) < 4.78 is 7.36. The predicted octanol–water partition coefficient (Wildman–Crippen LogP) is 2.59. The molecule has 0 radical (unpaired) electrons. The SMILES string of the molecule is CCNC(c1ccn(CCCOC)c1)C1CC1. The van der Waals surface area contributed by atoms with Crippen LogP contribution in [0.3, 0.4) is 0 Å². The molecule has 0 spiro atoms. The quantitative estimate of drug-likeness (QED) is 0.702. The van der Waals surface area contributed by atoms with Gasteiger partial charge in [-0.3, -0.25) is 0 Å². The van der Waals surface area contributed by atoms with Gasteiger partial charge in [-0.1, -0.05) is 6.92 Å². The summed E-state index contributed by atoms with van der Waals surface area (Å²) in [6, 6.07) is 2.84. The van der Waals surface area contributed by atoms with Crippen molar-refractivity contribution in [3.05, 3.63) is 24.0 Å². The molecular formula is C14H24N2O. The molecule has 1 aliphatic carbocycles. The topological polar surface area (TPSA) is 26.2 Å². The maximum Gasteiger partial charge on any atom is 0.0479 e. The number of rotatable bonds is 8. The number of ether oxygens (including phenoxy) is 1. The Labute approximate surface area is 104 Å². The molecule has 2 rings (SSSR count). The molecular weight excluding hydrogens is 212 g/mol. The van der Waals surface area contributed by atoms with Crippen molar-refractivity contribution >= 4 is 0 Å². The van der Waals surface area contributed by atoms with Crippen molar-refractivity contribution in [2.24, 2.45) is 5.92 Å². The fourth-order valence-electron chi connectivity index (χ4n) is 2.38. The molecule has 3 heteroatoms. The largest absolute Gasteiger partial charge is 0.385 e. The Balaban J connectivity index is 1.90. The molecule has 1 atom stereocenters. The van der Waals surface area contributed by atoms with Crippen LogP contribution in [0.2, 0.25) is 0 Å². The summed E-state index contributed by atoms with van der Waals surface area (Å²) in [6.45, 7) is 5.13. The van der Waals surface area contributed by atoms with E-state index in [1.54, 1.807) is 7.11 Å². The lowest BCUT2D eigenvalue weighted by atomic mass is 10.1. The molecule has 1 fully saturated rings. The third-order valence-electron chi connectivity index (χ3n) is 3.41. The van der Waals surface area contributed by atoms with Gasteiger partial charge in [0.25, 0.3) is 0 Å². The van der Waals surface area contributed by atoms with E-state index in [2.05, 4.69) is 35.3 Å². The van der Waals surface area contributed by atoms with Gasteiger partial charge >= 0.3 is 0 Å². The molecule has 1 N–H and O–H groups in total. The first-order valence-electron chi connectivity index (χ1n) is 6.73. The van der Waals surface area contributed by atoms with Crippen LogP contribution >= 0.6 is 0 Å². The molecule has 0 aromatic carbocycles. The fourth-order valence-corrected chi connectivity index (χ4v) is 2.38. The van der Waals surface area contributed by atoms with Gasteiger partial charge in [0, 0.05) is 38.7 Å². The highest BCUT2D eigenvalue weighted by atomic mass is 16.5. The normalized spacial score (nSPS) is 17.3. The molecule has 0 aliphatic heterocycles. The molecule has 1 saturated carbocycles. The van der Waals surface area contributed by atoms with E-state index in [1.807, 2.05) is 0 Å². The Hall–Kier alpha value is -0.800. The summed E-state index contributed by atoms with van der Waals surface area (Å²) in [7, 11) is 1.76. The standard InChI is InChI=1S/C14H24N2O/c1-3-15-14(12-5-6-12)13-7-9-16(11-13)8-4-10-17-2/h7,9,11-12,14-15H,3-6,8,10H2,1-2H3. The smallest absolute Gasteiger partial charge is 0.0479 e. The van der Waals surface area contributed by atoms with Gasteiger partial charge in [-0.05, 0) is 43.4 Å². The summed E-state index contributed by atoms with van der Waals surface area (Å²) in [5.41, 5.74) is 1.45. The summed E-state index contributed by atoms with van der Waals surface area (Å²) in [4.78, 5) is 0. The highest BCUT2D eigenvalue weighted by Crippen LogP contribution is 2.40. The molecule has 1 heterocycles. The molecule has 3 nitrogen and oxygen atoms in total. The number of aromatic nitrogens is 1. The van der Waals surface area contributed by atoms with E-state index in [-0.39, 0.29) is 0 Å². The number of methoxy groups -OCH3 is 1. The van der Waals surface area contributed by atoms with Gasteiger partial charge in [0.15, 0.2) is 0 Å². The third-order valence-corrected chi connectivity index (χ3v) is 3.41. The zero-order valence-electron chi connectivity index (χ0n) is 11.0. The second-order valence-electron chi connectivity index (χ2n) is 4.90. The maximum atomic E-state index is 5.08. The summed E-state index contributed by atoms with van der Waals surface area (Å²) >= 11 is 0. The number of aryl methyl sites for hydroxylation is 1. The maximum absolute atomic E-state index is 5.08. The lowest BCUT2D eigenvalue weighted by Crippen LogP contribution is -2.22. The van der Waals surface area contributed by atoms with Gasteiger partial charge < -0.3 is 14.6 Å². The lowest BCUT2D eigenvalue weighted by Gasteiger charge is -2.15. The van der Waals surface area contributed by atoms with Crippen LogP contribution in [0.15, 0.2) is 18.5 Å². The van der Waals surface area contributed by atoms with E-state index in [1.165, 1.54) is 18.4 Å². The third kappa shape index (κ3) is 3.58. The molecule has 17 heavy (non-hydrogen) atoms. The van der Waals surface area contributed by atoms with E-state index >= 15 is 0 Å². The van der Waals surface area contributed by atoms with Crippen molar-refractivity contribution < 1.29 is 4.74 Å². The zero-order chi connectivity index (χ0) is 12.1. The van der Waals surface area contributed by atoms with Crippen LogP contribution in [-0.2, 0) is 11.3 Å². The van der Waals surface area contributed by atoms with Gasteiger partial charge in [-0.2, -0.15) is 0 Å². The van der Waals surface area contributed by atoms with Gasteiger partial charge in [0.05, 0.1) is 0 Å². The van der Waals surface area contributed by atoms with Gasteiger partial charge in [0.2, 0.25) is 0 Å². The molecule has 1 unspecified atom stereocenters. The van der Waals surface area contributed by atoms with Crippen LogP contribution in [0, 0.1) is 5.92 Å². The predicted molar refractivity (Wildman–Crippen MR) is 70.1 cm³/mol. The highest BCUT2D eigenvalue weighted by Gasteiger charge is 2.31. The number of nitrogens with zero attached hydrogens (tertiary/aromatic N) is 1. The summed E-state index contributed by atoms with van der Waals surface area (Å²) in [6.07, 6.45) is 8.33. The van der Waals surface area contributed by atoms with E-state index in [0.717, 1.165) is 32.0 Å². The van der Waals surface area contributed by atoms with E-state index in [0.29, 0.717) is 6.04 Å². The summed E-state index contributed by atoms with van der Waals surface area (Å²) in [5.74, 6) is 0.866. The zero-order valence-corrected chi connectivity index (χ0v) is 11.0. The number of nitrogens with one attached hydrogen (secondary N) is 1. The number of hydrogen-bond acceptors (Lipinski definition) is 2. The summed E-state index contributed by atoms with van der Waals surface area (Å²) in [5, 5.41) is 3.60. The van der Waals surface area contributed by atoms with Gasteiger partial charge in [0.1, 0.15) is 0 Å². The Morgan fingerprint density at radius 3 is 3.00 bits per heavy atom. The van der Waals surface area contributed by atoms with Gasteiger partial charge in [-0.25, -0.2) is 0 Å². The second kappa shape index (κ2) is 6.22.